The van der Waals surface area contributed by atoms with Gasteiger partial charge in [0.05, 0.1) is 0 Å². The molecule has 0 bridgehead atoms. The van der Waals surface area contributed by atoms with E-state index in [1.54, 1.807) is 6.92 Å². The van der Waals surface area contributed by atoms with Gasteiger partial charge in [0.15, 0.2) is 0 Å². The number of aliphatic carboxylic acids is 1. The molecule has 188 valence electrons. The summed E-state index contributed by atoms with van der Waals surface area (Å²) in [7, 11) is 3.73. The highest BCUT2D eigenvalue weighted by Crippen LogP contribution is 2.44. The second-order valence-electron chi connectivity index (χ2n) is 9.32. The van der Waals surface area contributed by atoms with E-state index in [0.717, 1.165) is 22.3 Å². The Bertz CT molecular complexity index is 1010. The number of fused-ring (bicyclic) bond motifs is 3. The molecule has 3 atom stereocenters. The number of carbonyl (C=O) groups is 3. The molecule has 0 fully saturated rings. The molecule has 8 nitrogen and oxygen atoms in total. The average molecular weight is 482 g/mol. The summed E-state index contributed by atoms with van der Waals surface area (Å²) in [5.74, 6) is -1.97. The highest BCUT2D eigenvalue weighted by atomic mass is 16.5. The van der Waals surface area contributed by atoms with Crippen molar-refractivity contribution in [2.45, 2.75) is 44.7 Å². The quantitative estimate of drug-likeness (QED) is 0.454. The zero-order chi connectivity index (χ0) is 25.5. The van der Waals surface area contributed by atoms with Crippen molar-refractivity contribution in [3.05, 3.63) is 59.7 Å². The molecule has 1 aliphatic rings. The van der Waals surface area contributed by atoms with Gasteiger partial charge in [-0.1, -0.05) is 68.8 Å². The topological polar surface area (TPSA) is 108 Å². The molecule has 0 radical (unpaired) electrons. The summed E-state index contributed by atoms with van der Waals surface area (Å²) in [4.78, 5) is 39.3. The van der Waals surface area contributed by atoms with Gasteiger partial charge in [0.2, 0.25) is 5.91 Å². The first-order valence-corrected chi connectivity index (χ1v) is 12.0. The van der Waals surface area contributed by atoms with Crippen LogP contribution in [0.3, 0.4) is 0 Å². The number of ether oxygens (including phenoxy) is 1. The molecule has 0 heterocycles. The van der Waals surface area contributed by atoms with E-state index in [1.165, 1.54) is 0 Å². The molecule has 0 aromatic heterocycles. The summed E-state index contributed by atoms with van der Waals surface area (Å²) in [6, 6.07) is 14.2. The van der Waals surface area contributed by atoms with Crippen LogP contribution < -0.4 is 10.6 Å². The number of alkyl carbamates (subject to hydrolysis) is 1. The number of amides is 2. The largest absolute Gasteiger partial charge is 0.480 e. The van der Waals surface area contributed by atoms with Crippen LogP contribution in [0.5, 0.6) is 0 Å². The summed E-state index contributed by atoms with van der Waals surface area (Å²) in [6.07, 6.45) is 0.205. The second kappa shape index (κ2) is 11.8. The van der Waals surface area contributed by atoms with Crippen molar-refractivity contribution in [2.24, 2.45) is 5.92 Å². The average Bonchev–Trinajstić information content (AvgIpc) is 3.16. The molecule has 0 saturated heterocycles. The highest BCUT2D eigenvalue weighted by Gasteiger charge is 2.31. The molecular formula is C27H35N3O5. The molecule has 3 rings (SSSR count). The van der Waals surface area contributed by atoms with Crippen molar-refractivity contribution in [1.29, 1.82) is 0 Å². The summed E-state index contributed by atoms with van der Waals surface area (Å²) >= 11 is 0. The molecule has 35 heavy (non-hydrogen) atoms. The fourth-order valence-electron chi connectivity index (χ4n) is 4.38. The van der Waals surface area contributed by atoms with Crippen LogP contribution in [0.1, 0.15) is 43.7 Å². The van der Waals surface area contributed by atoms with E-state index >= 15 is 0 Å². The van der Waals surface area contributed by atoms with Crippen LogP contribution in [0, 0.1) is 5.92 Å². The van der Waals surface area contributed by atoms with Gasteiger partial charge in [-0.15, -0.1) is 0 Å². The molecule has 8 heteroatoms. The van der Waals surface area contributed by atoms with Crippen molar-refractivity contribution in [3.8, 4) is 11.1 Å². The first kappa shape index (κ1) is 26.2. The van der Waals surface area contributed by atoms with Gasteiger partial charge >= 0.3 is 12.1 Å². The summed E-state index contributed by atoms with van der Waals surface area (Å²) in [6.45, 7) is 4.30. The zero-order valence-corrected chi connectivity index (χ0v) is 20.8. The Hall–Kier alpha value is -3.39. The third-order valence-electron chi connectivity index (χ3n) is 6.59. The number of hydrogen-bond donors (Lipinski definition) is 3. The van der Waals surface area contributed by atoms with E-state index in [4.69, 9.17) is 4.74 Å². The van der Waals surface area contributed by atoms with Gasteiger partial charge in [-0.25, -0.2) is 9.59 Å². The minimum atomic E-state index is -1.10. The fourth-order valence-corrected chi connectivity index (χ4v) is 4.38. The summed E-state index contributed by atoms with van der Waals surface area (Å²) < 4.78 is 5.59. The summed E-state index contributed by atoms with van der Waals surface area (Å²) in [5, 5.41) is 14.8. The van der Waals surface area contributed by atoms with Gasteiger partial charge < -0.3 is 25.4 Å². The maximum atomic E-state index is 13.0. The van der Waals surface area contributed by atoms with Gasteiger partial charge in [0, 0.05) is 5.92 Å². The van der Waals surface area contributed by atoms with E-state index in [0.29, 0.717) is 19.4 Å². The Morgan fingerprint density at radius 1 is 1.00 bits per heavy atom. The smallest absolute Gasteiger partial charge is 0.407 e. The van der Waals surface area contributed by atoms with E-state index in [1.807, 2.05) is 62.3 Å². The van der Waals surface area contributed by atoms with Crippen LogP contribution >= 0.6 is 0 Å². The van der Waals surface area contributed by atoms with Crippen LogP contribution in [0.4, 0.5) is 4.79 Å². The lowest BCUT2D eigenvalue weighted by molar-refractivity contribution is -0.143. The highest BCUT2D eigenvalue weighted by molar-refractivity contribution is 5.89. The Kier molecular flexibility index (Phi) is 8.87. The first-order chi connectivity index (χ1) is 16.7. The number of carboxylic acid groups (broad SMARTS) is 1. The fraction of sp³-hybridized carbons (Fsp3) is 0.444. The number of hydrogen-bond acceptors (Lipinski definition) is 5. The third kappa shape index (κ3) is 6.39. The lowest BCUT2D eigenvalue weighted by Gasteiger charge is -2.25. The van der Waals surface area contributed by atoms with Crippen LogP contribution in [0.25, 0.3) is 11.1 Å². The lowest BCUT2D eigenvalue weighted by atomic mass is 9.98. The minimum Gasteiger partial charge on any atom is -0.480 e. The maximum absolute atomic E-state index is 13.0. The van der Waals surface area contributed by atoms with Crippen molar-refractivity contribution in [2.75, 3.05) is 27.2 Å². The van der Waals surface area contributed by atoms with Gasteiger partial charge in [0.1, 0.15) is 18.7 Å². The molecule has 0 spiro atoms. The molecule has 0 saturated carbocycles. The molecule has 2 aromatic carbocycles. The lowest BCUT2D eigenvalue weighted by Crippen LogP contribution is -2.54. The number of nitrogens with one attached hydrogen (secondary N) is 2. The number of nitrogens with zero attached hydrogens (tertiary/aromatic N) is 1. The molecule has 1 aliphatic carbocycles. The zero-order valence-electron chi connectivity index (χ0n) is 20.8. The van der Waals surface area contributed by atoms with Crippen molar-refractivity contribution >= 4 is 18.0 Å². The molecular weight excluding hydrogens is 446 g/mol. The van der Waals surface area contributed by atoms with Gasteiger partial charge in [-0.2, -0.15) is 0 Å². The van der Waals surface area contributed by atoms with Crippen molar-refractivity contribution in [3.63, 3.8) is 0 Å². The normalized spacial score (nSPS) is 15.0. The summed E-state index contributed by atoms with van der Waals surface area (Å²) in [5.41, 5.74) is 4.46. The molecule has 2 aromatic rings. The second-order valence-corrected chi connectivity index (χ2v) is 9.32. The first-order valence-electron chi connectivity index (χ1n) is 12.0. The Labute approximate surface area is 206 Å². The molecule has 2 unspecified atom stereocenters. The standard InChI is InChI=1S/C27H35N3O5/c1-5-17(2)24(26(32)33)29-25(31)23(14-15-30(3)4)28-27(34)35-16-22-20-12-8-6-10-18(20)19-11-7-9-13-21(19)22/h6-13,17,22-24H,5,14-16H2,1-4H3,(H,28,34)(H,29,31)(H,32,33)/t17?,23?,24-/m0/s1. The van der Waals surface area contributed by atoms with E-state index in [-0.39, 0.29) is 18.4 Å². The Balaban J connectivity index is 1.68. The van der Waals surface area contributed by atoms with Crippen LogP contribution in [0.15, 0.2) is 48.5 Å². The molecule has 2 amide bonds. The number of carbonyl (C=O) groups excluding carboxylic acids is 2. The van der Waals surface area contributed by atoms with Crippen molar-refractivity contribution in [1.82, 2.24) is 15.5 Å². The third-order valence-corrected chi connectivity index (χ3v) is 6.59. The Morgan fingerprint density at radius 3 is 2.09 bits per heavy atom. The van der Waals surface area contributed by atoms with E-state index in [9.17, 15) is 19.5 Å². The van der Waals surface area contributed by atoms with Gasteiger partial charge in [-0.3, -0.25) is 4.79 Å². The predicted octanol–water partition coefficient (Wildman–Crippen LogP) is 3.46. The van der Waals surface area contributed by atoms with Gasteiger partial charge in [0.25, 0.3) is 0 Å². The maximum Gasteiger partial charge on any atom is 0.407 e. The number of benzene rings is 2. The van der Waals surface area contributed by atoms with E-state index in [2.05, 4.69) is 22.8 Å². The minimum absolute atomic E-state index is 0.0935. The molecule has 3 N–H and O–H groups in total. The van der Waals surface area contributed by atoms with Crippen LogP contribution in [-0.4, -0.2) is 67.3 Å². The Morgan fingerprint density at radius 2 is 1.57 bits per heavy atom. The van der Waals surface area contributed by atoms with Crippen LogP contribution in [-0.2, 0) is 14.3 Å². The SMILES string of the molecule is CCC(C)[C@H](NC(=O)C(CCN(C)C)NC(=O)OCC1c2ccccc2-c2ccccc21)C(=O)O. The number of rotatable bonds is 11. The van der Waals surface area contributed by atoms with Crippen molar-refractivity contribution < 1.29 is 24.2 Å². The van der Waals surface area contributed by atoms with Crippen LogP contribution in [0.2, 0.25) is 0 Å². The monoisotopic (exact) mass is 481 g/mol. The predicted molar refractivity (Wildman–Crippen MR) is 134 cm³/mol. The molecule has 0 aliphatic heterocycles. The van der Waals surface area contributed by atoms with Gasteiger partial charge in [-0.05, 0) is 55.2 Å². The van der Waals surface area contributed by atoms with E-state index < -0.39 is 30.1 Å². The number of carboxylic acids is 1.